The summed E-state index contributed by atoms with van der Waals surface area (Å²) in [7, 11) is 0. The molecule has 0 N–H and O–H groups in total. The van der Waals surface area contributed by atoms with Gasteiger partial charge in [0.2, 0.25) is 0 Å². The van der Waals surface area contributed by atoms with Gasteiger partial charge in [0, 0.05) is 21.4 Å². The number of hydroxylamine groups is 1. The first-order valence-corrected chi connectivity index (χ1v) is 7.08. The molecule has 3 nitrogen and oxygen atoms in total. The van der Waals surface area contributed by atoms with Crippen molar-refractivity contribution in [3.05, 3.63) is 68.4 Å². The predicted octanol–water partition coefficient (Wildman–Crippen LogP) is 3.58. The summed E-state index contributed by atoms with van der Waals surface area (Å²) >= 11 is 2.17. The molecule has 0 bridgehead atoms. The van der Waals surface area contributed by atoms with E-state index in [0.717, 1.165) is 14.2 Å². The maximum atomic E-state index is 12.5. The van der Waals surface area contributed by atoms with Crippen LogP contribution >= 0.6 is 22.6 Å². The first-order valence-electron chi connectivity index (χ1n) is 6.00. The maximum Gasteiger partial charge on any atom is 0.172 e. The lowest BCUT2D eigenvalue weighted by atomic mass is 9.92. The molecule has 0 spiro atoms. The van der Waals surface area contributed by atoms with Crippen LogP contribution in [0, 0.1) is 8.78 Å². The quantitative estimate of drug-likeness (QED) is 0.605. The molecule has 1 heterocycles. The Morgan fingerprint density at radius 3 is 2.68 bits per heavy atom. The first-order chi connectivity index (χ1) is 9.16. The van der Waals surface area contributed by atoms with Crippen LogP contribution in [0.5, 0.6) is 0 Å². The Morgan fingerprint density at radius 1 is 1.21 bits per heavy atom. The molecule has 19 heavy (non-hydrogen) atoms. The topological polar surface area (TPSA) is 43.4 Å². The van der Waals surface area contributed by atoms with E-state index in [9.17, 15) is 10.0 Å². The maximum absolute atomic E-state index is 12.5. The van der Waals surface area contributed by atoms with Gasteiger partial charge in [-0.25, -0.2) is 0 Å². The molecule has 1 unspecified atom stereocenters. The molecule has 0 radical (unpaired) electrons. The fourth-order valence-electron chi connectivity index (χ4n) is 2.42. The van der Waals surface area contributed by atoms with Gasteiger partial charge in [-0.15, -0.1) is 0 Å². The number of Topliss-reactive ketones (excluding diaryl/α,β-unsaturated/α-hetero) is 1. The Hall–Kier alpha value is -1.40. The van der Waals surface area contributed by atoms with Gasteiger partial charge in [-0.2, -0.15) is 0 Å². The molecule has 1 atom stereocenters. The number of anilines is 1. The first kappa shape index (κ1) is 12.6. The number of halogens is 1. The van der Waals surface area contributed by atoms with Crippen molar-refractivity contribution < 1.29 is 4.79 Å². The molecular weight excluding hydrogens is 353 g/mol. The molecule has 0 aromatic heterocycles. The zero-order valence-corrected chi connectivity index (χ0v) is 12.2. The number of carbonyl (C=O) groups is 1. The summed E-state index contributed by atoms with van der Waals surface area (Å²) < 4.78 is 1.00. The van der Waals surface area contributed by atoms with E-state index in [1.807, 2.05) is 36.4 Å². The van der Waals surface area contributed by atoms with Crippen molar-refractivity contribution in [3.8, 4) is 0 Å². The zero-order valence-electron chi connectivity index (χ0n) is 10.0. The Balaban J connectivity index is 1.99. The van der Waals surface area contributed by atoms with E-state index in [-0.39, 0.29) is 18.2 Å². The molecule has 0 amide bonds. The normalized spacial score (nSPS) is 17.4. The third-order valence-electron chi connectivity index (χ3n) is 3.36. The summed E-state index contributed by atoms with van der Waals surface area (Å²) in [6.45, 7) is 0.211. The van der Waals surface area contributed by atoms with Crippen molar-refractivity contribution in [2.24, 2.45) is 0 Å². The summed E-state index contributed by atoms with van der Waals surface area (Å²) in [6, 6.07) is 14.8. The largest absolute Gasteiger partial charge is 0.758 e. The van der Waals surface area contributed by atoms with Gasteiger partial charge in [0.1, 0.15) is 0 Å². The fraction of sp³-hybridized carbons (Fsp3) is 0.133. The number of carbonyl (C=O) groups excluding carboxylic acids is 1. The number of rotatable bonds is 2. The number of fused-ring (bicyclic) bond motifs is 1. The van der Waals surface area contributed by atoms with E-state index in [4.69, 9.17) is 0 Å². The molecule has 96 valence electrons. The minimum Gasteiger partial charge on any atom is -0.758 e. The van der Waals surface area contributed by atoms with E-state index in [1.54, 1.807) is 12.1 Å². The van der Waals surface area contributed by atoms with Crippen LogP contribution in [-0.4, -0.2) is 12.3 Å². The molecule has 0 fully saturated rings. The summed E-state index contributed by atoms with van der Waals surface area (Å²) in [6.07, 6.45) is 0. The van der Waals surface area contributed by atoms with E-state index < -0.39 is 0 Å². The molecule has 2 aromatic rings. The van der Waals surface area contributed by atoms with Crippen LogP contribution in [0.3, 0.4) is 0 Å². The van der Waals surface area contributed by atoms with Crippen LogP contribution in [0.25, 0.3) is 0 Å². The highest BCUT2D eigenvalue weighted by atomic mass is 127. The molecule has 4 heteroatoms. The zero-order chi connectivity index (χ0) is 13.4. The monoisotopic (exact) mass is 364 g/mol. The second kappa shape index (κ2) is 4.94. The third-order valence-corrected chi connectivity index (χ3v) is 4.03. The number of hydrogen-bond acceptors (Lipinski definition) is 3. The molecule has 0 aliphatic carbocycles. The molecule has 0 saturated carbocycles. The van der Waals surface area contributed by atoms with E-state index in [0.29, 0.717) is 11.3 Å². The SMILES string of the molecule is O=C(c1ccccc1)C1CN([O-])c2cc(I)ccc21. The number of nitrogens with zero attached hydrogens (tertiary/aromatic N) is 1. The van der Waals surface area contributed by atoms with Crippen LogP contribution < -0.4 is 5.06 Å². The standard InChI is InChI=1S/C15H11INO2/c16-11-6-7-12-13(9-17(19)14(12)8-11)15(18)10-4-2-1-3-5-10/h1-8,13H,9H2/q-1. The van der Waals surface area contributed by atoms with Crippen molar-refractivity contribution in [2.75, 3.05) is 11.6 Å². The Labute approximate surface area is 125 Å². The highest BCUT2D eigenvalue weighted by Gasteiger charge is 2.30. The van der Waals surface area contributed by atoms with Gasteiger partial charge in [0.15, 0.2) is 5.78 Å². The number of ketones is 1. The average Bonchev–Trinajstić information content (AvgIpc) is 2.76. The van der Waals surface area contributed by atoms with Crippen LogP contribution in [-0.2, 0) is 0 Å². The van der Waals surface area contributed by atoms with Crippen molar-refractivity contribution in [1.82, 2.24) is 0 Å². The van der Waals surface area contributed by atoms with Gasteiger partial charge < -0.3 is 10.3 Å². The Kier molecular flexibility index (Phi) is 3.28. The van der Waals surface area contributed by atoms with Crippen LogP contribution in [0.2, 0.25) is 0 Å². The highest BCUT2D eigenvalue weighted by molar-refractivity contribution is 14.1. The van der Waals surface area contributed by atoms with E-state index >= 15 is 0 Å². The minimum absolute atomic E-state index is 0.0152. The smallest absolute Gasteiger partial charge is 0.172 e. The summed E-state index contributed by atoms with van der Waals surface area (Å²) in [5.74, 6) is -0.340. The third kappa shape index (κ3) is 2.26. The van der Waals surface area contributed by atoms with Crippen LogP contribution in [0.15, 0.2) is 48.5 Å². The van der Waals surface area contributed by atoms with Gasteiger partial charge in [0.25, 0.3) is 0 Å². The van der Waals surface area contributed by atoms with Gasteiger partial charge in [-0.1, -0.05) is 36.4 Å². The van der Waals surface area contributed by atoms with Crippen molar-refractivity contribution in [1.29, 1.82) is 0 Å². The lowest BCUT2D eigenvalue weighted by Gasteiger charge is -2.25. The summed E-state index contributed by atoms with van der Waals surface area (Å²) in [5.41, 5.74) is 2.12. The molecule has 3 rings (SSSR count). The summed E-state index contributed by atoms with van der Waals surface area (Å²) in [5, 5.41) is 12.8. The number of hydrogen-bond donors (Lipinski definition) is 0. The van der Waals surface area contributed by atoms with Crippen molar-refractivity contribution in [3.63, 3.8) is 0 Å². The van der Waals surface area contributed by atoms with Crippen molar-refractivity contribution >= 4 is 34.1 Å². The molecule has 1 aliphatic rings. The van der Waals surface area contributed by atoms with Gasteiger partial charge in [-0.05, 0) is 40.3 Å². The Morgan fingerprint density at radius 2 is 1.95 bits per heavy atom. The van der Waals surface area contributed by atoms with E-state index in [1.165, 1.54) is 0 Å². The second-order valence-corrected chi connectivity index (χ2v) is 5.79. The van der Waals surface area contributed by atoms with E-state index in [2.05, 4.69) is 22.6 Å². The predicted molar refractivity (Wildman–Crippen MR) is 83.4 cm³/mol. The fourth-order valence-corrected chi connectivity index (χ4v) is 2.89. The van der Waals surface area contributed by atoms with Gasteiger partial charge in [-0.3, -0.25) is 4.79 Å². The minimum atomic E-state index is -0.355. The molecular formula is C15H11INO2-. The van der Waals surface area contributed by atoms with Gasteiger partial charge in [0.05, 0.1) is 5.92 Å². The summed E-state index contributed by atoms with van der Waals surface area (Å²) in [4.78, 5) is 12.5. The van der Waals surface area contributed by atoms with Crippen LogP contribution in [0.4, 0.5) is 5.69 Å². The second-order valence-electron chi connectivity index (χ2n) is 4.55. The van der Waals surface area contributed by atoms with Crippen molar-refractivity contribution in [2.45, 2.75) is 5.92 Å². The number of benzene rings is 2. The van der Waals surface area contributed by atoms with Crippen LogP contribution in [0.1, 0.15) is 21.8 Å². The highest BCUT2D eigenvalue weighted by Crippen LogP contribution is 2.38. The van der Waals surface area contributed by atoms with Gasteiger partial charge >= 0.3 is 0 Å². The molecule has 1 aliphatic heterocycles. The molecule has 0 saturated heterocycles. The molecule has 2 aromatic carbocycles. The lowest BCUT2D eigenvalue weighted by Crippen LogP contribution is -2.19. The lowest BCUT2D eigenvalue weighted by molar-refractivity contribution is 0.0965. The Bertz CT molecular complexity index is 627. The average molecular weight is 364 g/mol.